The number of hydrogen-bond donors (Lipinski definition) is 1. The maximum Gasteiger partial charge on any atom is 0.307 e. The van der Waals surface area contributed by atoms with Crippen LogP contribution >= 0.6 is 11.8 Å². The van der Waals surface area contributed by atoms with Crippen LogP contribution in [0, 0.1) is 0 Å². The van der Waals surface area contributed by atoms with Gasteiger partial charge in [0, 0.05) is 18.0 Å². The highest BCUT2D eigenvalue weighted by Crippen LogP contribution is 2.36. The lowest BCUT2D eigenvalue weighted by atomic mass is 10.1. The Bertz CT molecular complexity index is 671. The molecule has 0 radical (unpaired) electrons. The topological polar surface area (TPSA) is 75.7 Å². The lowest BCUT2D eigenvalue weighted by Gasteiger charge is -2.25. The monoisotopic (exact) mass is 376 g/mol. The van der Waals surface area contributed by atoms with E-state index in [0.29, 0.717) is 0 Å². The molecule has 7 heteroatoms. The van der Waals surface area contributed by atoms with Crippen molar-refractivity contribution in [3.8, 4) is 0 Å². The Morgan fingerprint density at radius 1 is 1.12 bits per heavy atom. The van der Waals surface area contributed by atoms with Gasteiger partial charge in [0.15, 0.2) is 6.61 Å². The van der Waals surface area contributed by atoms with E-state index in [1.165, 1.54) is 18.2 Å². The maximum absolute atomic E-state index is 12.3. The number of likely N-dealkylation sites (tertiary alicyclic amines) is 1. The van der Waals surface area contributed by atoms with Gasteiger partial charge in [-0.15, -0.1) is 11.8 Å². The van der Waals surface area contributed by atoms with Crippen molar-refractivity contribution in [2.75, 3.05) is 25.0 Å². The van der Waals surface area contributed by atoms with Crippen molar-refractivity contribution < 1.29 is 19.1 Å². The zero-order valence-corrected chi connectivity index (χ0v) is 15.6. The molecular weight excluding hydrogens is 352 g/mol. The van der Waals surface area contributed by atoms with Crippen LogP contribution in [0.25, 0.3) is 0 Å². The van der Waals surface area contributed by atoms with Gasteiger partial charge in [0.25, 0.3) is 5.91 Å². The van der Waals surface area contributed by atoms with Crippen LogP contribution in [0.5, 0.6) is 0 Å². The summed E-state index contributed by atoms with van der Waals surface area (Å²) < 4.78 is 5.14. The van der Waals surface area contributed by atoms with Gasteiger partial charge < -0.3 is 15.0 Å². The minimum absolute atomic E-state index is 0.0435. The van der Waals surface area contributed by atoms with Gasteiger partial charge in [0.1, 0.15) is 0 Å². The van der Waals surface area contributed by atoms with Crippen LogP contribution in [0.4, 0.5) is 5.69 Å². The van der Waals surface area contributed by atoms with E-state index in [0.717, 1.165) is 49.4 Å². The number of nitrogens with zero attached hydrogens (tertiary/aromatic N) is 1. The molecular formula is C19H24N2O4S. The second kappa shape index (κ2) is 9.07. The summed E-state index contributed by atoms with van der Waals surface area (Å²) in [6.45, 7) is 1.22. The summed E-state index contributed by atoms with van der Waals surface area (Å²) in [5, 5.41) is 2.27. The highest BCUT2D eigenvalue weighted by Gasteiger charge is 2.29. The highest BCUT2D eigenvalue weighted by atomic mass is 32.2. The van der Waals surface area contributed by atoms with Crippen molar-refractivity contribution in [1.29, 1.82) is 0 Å². The zero-order chi connectivity index (χ0) is 18.4. The summed E-state index contributed by atoms with van der Waals surface area (Å²) in [6.07, 6.45) is 5.45. The summed E-state index contributed by atoms with van der Waals surface area (Å²) in [6, 6.07) is 7.48. The molecule has 26 heavy (non-hydrogen) atoms. The molecule has 2 heterocycles. The van der Waals surface area contributed by atoms with E-state index in [2.05, 4.69) is 5.32 Å². The fourth-order valence-electron chi connectivity index (χ4n) is 3.17. The number of carbonyl (C=O) groups excluding carboxylic acids is 3. The molecule has 140 valence electrons. The van der Waals surface area contributed by atoms with Gasteiger partial charge in [-0.2, -0.15) is 0 Å². The van der Waals surface area contributed by atoms with Gasteiger partial charge in [-0.3, -0.25) is 14.4 Å². The molecule has 2 aliphatic rings. The number of hydrogen-bond acceptors (Lipinski definition) is 5. The zero-order valence-electron chi connectivity index (χ0n) is 14.7. The van der Waals surface area contributed by atoms with Crippen molar-refractivity contribution in [1.82, 2.24) is 4.90 Å². The first-order chi connectivity index (χ1) is 12.6. The Morgan fingerprint density at radius 2 is 1.81 bits per heavy atom. The summed E-state index contributed by atoms with van der Waals surface area (Å²) in [5.41, 5.74) is 0.763. The molecule has 0 saturated carbocycles. The number of amides is 2. The SMILES string of the molecule is O=C(C[C@@H]1Sc2ccccc2NC1=O)OCC(=O)N1CCCCCCC1. The van der Waals surface area contributed by atoms with Crippen molar-refractivity contribution >= 4 is 35.2 Å². The predicted octanol–water partition coefficient (Wildman–Crippen LogP) is 2.83. The lowest BCUT2D eigenvalue weighted by molar-refractivity contribution is -0.152. The molecule has 1 aromatic carbocycles. The number of ether oxygens (including phenoxy) is 1. The Labute approximate surface area is 157 Å². The van der Waals surface area contributed by atoms with E-state index in [4.69, 9.17) is 4.74 Å². The molecule has 2 aliphatic heterocycles. The molecule has 1 N–H and O–H groups in total. The van der Waals surface area contributed by atoms with E-state index >= 15 is 0 Å². The van der Waals surface area contributed by atoms with Crippen molar-refractivity contribution in [2.45, 2.75) is 48.7 Å². The number of anilines is 1. The average molecular weight is 376 g/mol. The Balaban J connectivity index is 1.46. The van der Waals surface area contributed by atoms with Gasteiger partial charge >= 0.3 is 5.97 Å². The minimum atomic E-state index is -0.533. The summed E-state index contributed by atoms with van der Waals surface area (Å²) in [7, 11) is 0. The molecule has 0 unspecified atom stereocenters. The quantitative estimate of drug-likeness (QED) is 0.818. The van der Waals surface area contributed by atoms with Crippen molar-refractivity contribution in [3.63, 3.8) is 0 Å². The van der Waals surface area contributed by atoms with Crippen LogP contribution in [0.1, 0.15) is 38.5 Å². The second-order valence-electron chi connectivity index (χ2n) is 6.61. The summed E-state index contributed by atoms with van der Waals surface area (Å²) in [5.74, 6) is -0.871. The minimum Gasteiger partial charge on any atom is -0.456 e. The lowest BCUT2D eigenvalue weighted by Crippen LogP contribution is -2.37. The summed E-state index contributed by atoms with van der Waals surface area (Å²) in [4.78, 5) is 39.2. The van der Waals surface area contributed by atoms with E-state index < -0.39 is 11.2 Å². The number of esters is 1. The number of nitrogens with one attached hydrogen (secondary N) is 1. The molecule has 1 saturated heterocycles. The third-order valence-electron chi connectivity index (χ3n) is 4.62. The fraction of sp³-hybridized carbons (Fsp3) is 0.526. The van der Waals surface area contributed by atoms with Crippen LogP contribution in [-0.2, 0) is 19.1 Å². The van der Waals surface area contributed by atoms with E-state index in [1.54, 1.807) is 4.90 Å². The predicted molar refractivity (Wildman–Crippen MR) is 100.0 cm³/mol. The standard InChI is InChI=1S/C19H24N2O4S/c22-17(21-10-6-2-1-3-7-11-21)13-25-18(23)12-16-19(24)20-14-8-4-5-9-15(14)26-16/h4-5,8-9,16H,1-3,6-7,10-13H2,(H,20,24)/t16-/m0/s1. The highest BCUT2D eigenvalue weighted by molar-refractivity contribution is 8.01. The van der Waals surface area contributed by atoms with Crippen LogP contribution in [0.3, 0.4) is 0 Å². The smallest absolute Gasteiger partial charge is 0.307 e. The van der Waals surface area contributed by atoms with E-state index in [-0.39, 0.29) is 24.8 Å². The number of para-hydroxylation sites is 1. The molecule has 0 spiro atoms. The van der Waals surface area contributed by atoms with Crippen LogP contribution in [0.2, 0.25) is 0 Å². The van der Waals surface area contributed by atoms with Crippen molar-refractivity contribution in [3.05, 3.63) is 24.3 Å². The molecule has 1 aromatic rings. The first-order valence-electron chi connectivity index (χ1n) is 9.13. The molecule has 0 bridgehead atoms. The molecule has 3 rings (SSSR count). The van der Waals surface area contributed by atoms with E-state index in [1.807, 2.05) is 24.3 Å². The number of rotatable bonds is 4. The van der Waals surface area contributed by atoms with E-state index in [9.17, 15) is 14.4 Å². The molecule has 1 fully saturated rings. The van der Waals surface area contributed by atoms with Gasteiger partial charge in [-0.05, 0) is 25.0 Å². The summed E-state index contributed by atoms with van der Waals surface area (Å²) >= 11 is 1.35. The maximum atomic E-state index is 12.3. The molecule has 1 atom stereocenters. The van der Waals surface area contributed by atoms with Crippen LogP contribution in [0.15, 0.2) is 29.2 Å². The first kappa shape index (κ1) is 18.8. The fourth-order valence-corrected chi connectivity index (χ4v) is 4.26. The van der Waals surface area contributed by atoms with Crippen molar-refractivity contribution in [2.24, 2.45) is 0 Å². The average Bonchev–Trinajstić information content (AvgIpc) is 2.60. The third kappa shape index (κ3) is 5.00. The first-order valence-corrected chi connectivity index (χ1v) is 10.0. The van der Waals surface area contributed by atoms with Crippen LogP contribution < -0.4 is 5.32 Å². The molecule has 0 aliphatic carbocycles. The number of benzene rings is 1. The number of carbonyl (C=O) groups is 3. The molecule has 0 aromatic heterocycles. The second-order valence-corrected chi connectivity index (χ2v) is 7.85. The van der Waals surface area contributed by atoms with Gasteiger partial charge in [-0.1, -0.05) is 31.4 Å². The van der Waals surface area contributed by atoms with Gasteiger partial charge in [0.2, 0.25) is 5.91 Å². The molecule has 2 amide bonds. The van der Waals surface area contributed by atoms with Gasteiger partial charge in [0.05, 0.1) is 17.4 Å². The third-order valence-corrected chi connectivity index (χ3v) is 5.90. The Morgan fingerprint density at radius 3 is 2.58 bits per heavy atom. The number of thioether (sulfide) groups is 1. The largest absolute Gasteiger partial charge is 0.456 e. The number of fused-ring (bicyclic) bond motifs is 1. The normalized spacial score (nSPS) is 20.4. The van der Waals surface area contributed by atoms with Crippen LogP contribution in [-0.4, -0.2) is 47.6 Å². The Kier molecular flexibility index (Phi) is 6.55. The molecule has 6 nitrogen and oxygen atoms in total. The Hall–Kier alpha value is -2.02. The van der Waals surface area contributed by atoms with Gasteiger partial charge in [-0.25, -0.2) is 0 Å².